The Hall–Kier alpha value is -2.67. The lowest BCUT2D eigenvalue weighted by Gasteiger charge is -2.31. The zero-order valence-electron chi connectivity index (χ0n) is 17.8. The summed E-state index contributed by atoms with van der Waals surface area (Å²) >= 11 is 1.48. The van der Waals surface area contributed by atoms with Gasteiger partial charge >= 0.3 is 5.97 Å². The number of rotatable bonds is 7. The summed E-state index contributed by atoms with van der Waals surface area (Å²) in [5.41, 5.74) is 1.79. The van der Waals surface area contributed by atoms with Crippen LogP contribution >= 0.6 is 11.3 Å². The summed E-state index contributed by atoms with van der Waals surface area (Å²) in [7, 11) is 0. The van der Waals surface area contributed by atoms with E-state index in [9.17, 15) is 14.4 Å². The van der Waals surface area contributed by atoms with E-state index in [-0.39, 0.29) is 30.2 Å². The first-order valence-electron chi connectivity index (χ1n) is 11.0. The Kier molecular flexibility index (Phi) is 6.70. The number of carbonyl (C=O) groups excluding carboxylic acids is 3. The van der Waals surface area contributed by atoms with E-state index >= 15 is 0 Å². The third-order valence-corrected chi connectivity index (χ3v) is 7.08. The summed E-state index contributed by atoms with van der Waals surface area (Å²) in [5, 5.41) is 4.88. The predicted octanol–water partition coefficient (Wildman–Crippen LogP) is 4.46. The van der Waals surface area contributed by atoms with Crippen LogP contribution in [0.2, 0.25) is 0 Å². The minimum absolute atomic E-state index is 0.0503. The molecule has 4 rings (SSSR count). The van der Waals surface area contributed by atoms with Gasteiger partial charge in [0.25, 0.3) is 11.8 Å². The second-order valence-electron chi connectivity index (χ2n) is 8.12. The number of carbonyl (C=O) groups is 3. The van der Waals surface area contributed by atoms with E-state index in [4.69, 9.17) is 4.74 Å². The van der Waals surface area contributed by atoms with Crippen LogP contribution < -0.4 is 5.32 Å². The van der Waals surface area contributed by atoms with Crippen molar-refractivity contribution >= 4 is 29.1 Å². The Morgan fingerprint density at radius 2 is 2.00 bits per heavy atom. The second kappa shape index (κ2) is 9.64. The lowest BCUT2D eigenvalue weighted by Crippen LogP contribution is -2.37. The second-order valence-corrected chi connectivity index (χ2v) is 9.09. The van der Waals surface area contributed by atoms with E-state index in [1.165, 1.54) is 17.8 Å². The van der Waals surface area contributed by atoms with Gasteiger partial charge in [-0.1, -0.05) is 37.5 Å². The molecular weight excluding hydrogens is 412 g/mol. The summed E-state index contributed by atoms with van der Waals surface area (Å²) in [6.07, 6.45) is 5.63. The number of fused-ring (bicyclic) bond motifs is 1. The molecule has 1 aromatic heterocycles. The molecule has 2 heterocycles. The third kappa shape index (κ3) is 4.66. The molecule has 1 fully saturated rings. The number of hydrogen-bond donors (Lipinski definition) is 1. The third-order valence-electron chi connectivity index (χ3n) is 6.09. The van der Waals surface area contributed by atoms with E-state index in [0.29, 0.717) is 24.3 Å². The van der Waals surface area contributed by atoms with Crippen LogP contribution in [0.4, 0.5) is 0 Å². The van der Waals surface area contributed by atoms with Gasteiger partial charge in [0.2, 0.25) is 0 Å². The van der Waals surface area contributed by atoms with Gasteiger partial charge in [0.05, 0.1) is 30.2 Å². The first-order valence-corrected chi connectivity index (χ1v) is 11.9. The maximum absolute atomic E-state index is 13.3. The molecule has 0 bridgehead atoms. The van der Waals surface area contributed by atoms with Crippen LogP contribution in [-0.4, -0.2) is 35.3 Å². The number of benzene rings is 1. The van der Waals surface area contributed by atoms with E-state index in [0.717, 1.165) is 36.1 Å². The van der Waals surface area contributed by atoms with Crippen molar-refractivity contribution in [3.05, 3.63) is 57.3 Å². The summed E-state index contributed by atoms with van der Waals surface area (Å²) < 4.78 is 5.08. The Balaban J connectivity index is 1.55. The van der Waals surface area contributed by atoms with Gasteiger partial charge in [-0.15, -0.1) is 11.3 Å². The number of esters is 1. The largest absolute Gasteiger partial charge is 0.466 e. The molecule has 6 nitrogen and oxygen atoms in total. The van der Waals surface area contributed by atoms with Crippen LogP contribution in [0.3, 0.4) is 0 Å². The van der Waals surface area contributed by atoms with Crippen molar-refractivity contribution in [2.45, 2.75) is 64.1 Å². The standard InChI is InChI=1S/C24H28N2O4S/c1-2-30-21(27)14-19(20-12-7-13-31-20)25-23(28)18-11-6-8-16-15-26(24(29)22(16)18)17-9-4-3-5-10-17/h6-8,11-13,17,19H,2-5,9-10,14-15H2,1H3,(H,25,28)/t19-/m1/s1. The lowest BCUT2D eigenvalue weighted by molar-refractivity contribution is -0.143. The monoisotopic (exact) mass is 440 g/mol. The molecule has 0 spiro atoms. The zero-order chi connectivity index (χ0) is 21.8. The molecule has 7 heteroatoms. The number of thiophene rings is 1. The Morgan fingerprint density at radius 1 is 1.19 bits per heavy atom. The summed E-state index contributed by atoms with van der Waals surface area (Å²) in [6, 6.07) is 9.00. The smallest absolute Gasteiger partial charge is 0.308 e. The number of nitrogens with one attached hydrogen (secondary N) is 1. The van der Waals surface area contributed by atoms with Crippen LogP contribution in [0.25, 0.3) is 0 Å². The van der Waals surface area contributed by atoms with Gasteiger partial charge in [0.1, 0.15) is 0 Å². The molecule has 1 aromatic carbocycles. The van der Waals surface area contributed by atoms with Crippen molar-refractivity contribution < 1.29 is 19.1 Å². The van der Waals surface area contributed by atoms with Crippen LogP contribution in [0, 0.1) is 0 Å². The minimum Gasteiger partial charge on any atom is -0.466 e. The molecule has 0 radical (unpaired) electrons. The highest BCUT2D eigenvalue weighted by Gasteiger charge is 2.36. The highest BCUT2D eigenvalue weighted by atomic mass is 32.1. The van der Waals surface area contributed by atoms with E-state index in [2.05, 4.69) is 5.32 Å². The van der Waals surface area contributed by atoms with E-state index < -0.39 is 6.04 Å². The van der Waals surface area contributed by atoms with Crippen molar-refractivity contribution in [2.24, 2.45) is 0 Å². The Labute approximate surface area is 186 Å². The molecule has 2 aromatic rings. The van der Waals surface area contributed by atoms with Crippen LogP contribution in [0.1, 0.15) is 82.6 Å². The molecule has 0 unspecified atom stereocenters. The molecule has 1 aliphatic heterocycles. The molecule has 1 saturated carbocycles. The lowest BCUT2D eigenvalue weighted by atomic mass is 9.94. The molecule has 164 valence electrons. The molecule has 1 aliphatic carbocycles. The fraction of sp³-hybridized carbons (Fsp3) is 0.458. The van der Waals surface area contributed by atoms with Gasteiger partial charge in [-0.3, -0.25) is 14.4 Å². The maximum atomic E-state index is 13.3. The zero-order valence-corrected chi connectivity index (χ0v) is 18.6. The predicted molar refractivity (Wildman–Crippen MR) is 119 cm³/mol. The minimum atomic E-state index is -0.492. The number of ether oxygens (including phenoxy) is 1. The number of nitrogens with zero attached hydrogens (tertiary/aromatic N) is 1. The molecule has 2 aliphatic rings. The molecular formula is C24H28N2O4S. The van der Waals surface area contributed by atoms with E-state index in [1.54, 1.807) is 13.0 Å². The van der Waals surface area contributed by atoms with Gasteiger partial charge in [-0.25, -0.2) is 0 Å². The molecule has 0 saturated heterocycles. The van der Waals surface area contributed by atoms with Crippen molar-refractivity contribution in [3.63, 3.8) is 0 Å². The highest BCUT2D eigenvalue weighted by Crippen LogP contribution is 2.33. The van der Waals surface area contributed by atoms with Gasteiger partial charge in [0, 0.05) is 17.5 Å². The summed E-state index contributed by atoms with van der Waals surface area (Å²) in [6.45, 7) is 2.62. The Bertz CT molecular complexity index is 950. The fourth-order valence-corrected chi connectivity index (χ4v) is 5.37. The average molecular weight is 441 g/mol. The topological polar surface area (TPSA) is 75.7 Å². The Morgan fingerprint density at radius 3 is 2.71 bits per heavy atom. The highest BCUT2D eigenvalue weighted by molar-refractivity contribution is 7.10. The molecule has 2 amide bonds. The van der Waals surface area contributed by atoms with Crippen molar-refractivity contribution in [1.82, 2.24) is 10.2 Å². The van der Waals surface area contributed by atoms with Crippen molar-refractivity contribution in [3.8, 4) is 0 Å². The van der Waals surface area contributed by atoms with Crippen LogP contribution in [0.5, 0.6) is 0 Å². The normalized spacial score (nSPS) is 17.3. The SMILES string of the molecule is CCOC(=O)C[C@@H](NC(=O)c1cccc2c1C(=O)N(C1CCCCC1)C2)c1cccs1. The van der Waals surface area contributed by atoms with Gasteiger partial charge < -0.3 is 15.0 Å². The van der Waals surface area contributed by atoms with Gasteiger partial charge in [0.15, 0.2) is 0 Å². The number of hydrogen-bond acceptors (Lipinski definition) is 5. The first-order chi connectivity index (χ1) is 15.1. The summed E-state index contributed by atoms with van der Waals surface area (Å²) in [4.78, 5) is 41.4. The van der Waals surface area contributed by atoms with Crippen LogP contribution in [-0.2, 0) is 16.1 Å². The van der Waals surface area contributed by atoms with Crippen LogP contribution in [0.15, 0.2) is 35.7 Å². The molecule has 1 atom stereocenters. The quantitative estimate of drug-likeness (QED) is 0.645. The summed E-state index contributed by atoms with van der Waals surface area (Å²) in [5.74, 6) is -0.747. The van der Waals surface area contributed by atoms with E-state index in [1.807, 2.05) is 34.5 Å². The first kappa shape index (κ1) is 21.6. The molecule has 1 N–H and O–H groups in total. The fourth-order valence-electron chi connectivity index (χ4n) is 4.60. The van der Waals surface area contributed by atoms with Gasteiger partial charge in [-0.2, -0.15) is 0 Å². The van der Waals surface area contributed by atoms with Crippen molar-refractivity contribution in [2.75, 3.05) is 6.61 Å². The maximum Gasteiger partial charge on any atom is 0.308 e. The van der Waals surface area contributed by atoms with Gasteiger partial charge in [-0.05, 0) is 42.8 Å². The number of amides is 2. The average Bonchev–Trinajstić information content (AvgIpc) is 3.42. The molecule has 31 heavy (non-hydrogen) atoms. The van der Waals surface area contributed by atoms with Crippen molar-refractivity contribution in [1.29, 1.82) is 0 Å².